The average Bonchev–Trinajstić information content (AvgIpc) is 2.02. The Kier molecular flexibility index (Phi) is 2.95. The van der Waals surface area contributed by atoms with Crippen molar-refractivity contribution in [3.63, 3.8) is 0 Å². The maximum atomic E-state index is 3.63. The van der Waals surface area contributed by atoms with Crippen LogP contribution in [-0.4, -0.2) is 18.5 Å². The first kappa shape index (κ1) is 9.93. The van der Waals surface area contributed by atoms with Crippen LogP contribution in [-0.2, 0) is 13.0 Å². The molecule has 1 aliphatic rings. The summed E-state index contributed by atoms with van der Waals surface area (Å²) in [5, 5.41) is 0. The van der Waals surface area contributed by atoms with Gasteiger partial charge < -0.3 is 4.90 Å². The van der Waals surface area contributed by atoms with Gasteiger partial charge in [-0.1, -0.05) is 15.9 Å². The number of fused-ring (bicyclic) bond motifs is 1. The summed E-state index contributed by atoms with van der Waals surface area (Å²) in [6.45, 7) is 2.26. The van der Waals surface area contributed by atoms with Crippen LogP contribution in [0.1, 0.15) is 11.1 Å². The van der Waals surface area contributed by atoms with Crippen molar-refractivity contribution in [2.45, 2.75) is 13.0 Å². The fourth-order valence-electron chi connectivity index (χ4n) is 1.75. The maximum Gasteiger partial charge on any atom is 0.0234 e. The van der Waals surface area contributed by atoms with Crippen LogP contribution in [0.25, 0.3) is 0 Å². The smallest absolute Gasteiger partial charge is 0.0234 e. The minimum Gasteiger partial charge on any atom is -0.302 e. The highest BCUT2D eigenvalue weighted by Crippen LogP contribution is 2.28. The van der Waals surface area contributed by atoms with Gasteiger partial charge in [0, 0.05) is 21.1 Å². The van der Waals surface area contributed by atoms with Crippen LogP contribution >= 0.6 is 38.5 Å². The van der Waals surface area contributed by atoms with Gasteiger partial charge in [-0.25, -0.2) is 0 Å². The average molecular weight is 352 g/mol. The predicted molar refractivity (Wildman–Crippen MR) is 66.9 cm³/mol. The monoisotopic (exact) mass is 351 g/mol. The lowest BCUT2D eigenvalue weighted by atomic mass is 10.0. The fraction of sp³-hybridized carbons (Fsp3) is 0.400. The molecule has 70 valence electrons. The van der Waals surface area contributed by atoms with Crippen molar-refractivity contribution < 1.29 is 0 Å². The summed E-state index contributed by atoms with van der Waals surface area (Å²) in [4.78, 5) is 2.37. The number of nitrogens with zero attached hydrogens (tertiary/aromatic N) is 1. The fourth-order valence-corrected chi connectivity index (χ4v) is 3.57. The number of hydrogen-bond donors (Lipinski definition) is 0. The van der Waals surface area contributed by atoms with Crippen molar-refractivity contribution in [3.8, 4) is 0 Å². The van der Waals surface area contributed by atoms with Crippen molar-refractivity contribution in [3.05, 3.63) is 31.3 Å². The molecule has 0 radical (unpaired) electrons. The first-order valence-corrected chi connectivity index (χ1v) is 6.19. The Morgan fingerprint density at radius 2 is 2.23 bits per heavy atom. The number of halogens is 2. The summed E-state index contributed by atoms with van der Waals surface area (Å²) in [5.41, 5.74) is 2.98. The lowest BCUT2D eigenvalue weighted by molar-refractivity contribution is 0.312. The molecular formula is C10H11BrIN. The summed E-state index contributed by atoms with van der Waals surface area (Å²) < 4.78 is 2.60. The summed E-state index contributed by atoms with van der Waals surface area (Å²) in [5.74, 6) is 0. The molecule has 0 N–H and O–H groups in total. The third kappa shape index (κ3) is 2.07. The van der Waals surface area contributed by atoms with E-state index in [-0.39, 0.29) is 0 Å². The molecule has 1 nitrogen and oxygen atoms in total. The SMILES string of the molecule is CN1CCc2c(Br)cc(I)cc2C1. The zero-order chi connectivity index (χ0) is 9.42. The van der Waals surface area contributed by atoms with Crippen molar-refractivity contribution >= 4 is 38.5 Å². The van der Waals surface area contributed by atoms with Gasteiger partial charge in [-0.15, -0.1) is 0 Å². The molecule has 0 atom stereocenters. The largest absolute Gasteiger partial charge is 0.302 e. The van der Waals surface area contributed by atoms with Gasteiger partial charge in [0.15, 0.2) is 0 Å². The summed E-state index contributed by atoms with van der Waals surface area (Å²) >= 11 is 6.00. The number of benzene rings is 1. The van der Waals surface area contributed by atoms with Crippen LogP contribution in [0.15, 0.2) is 16.6 Å². The topological polar surface area (TPSA) is 3.24 Å². The second kappa shape index (κ2) is 3.87. The van der Waals surface area contributed by atoms with E-state index in [4.69, 9.17) is 0 Å². The van der Waals surface area contributed by atoms with E-state index in [0.717, 1.165) is 6.54 Å². The zero-order valence-electron chi connectivity index (χ0n) is 7.48. The Labute approximate surface area is 101 Å². The third-order valence-corrected chi connectivity index (χ3v) is 3.77. The number of likely N-dealkylation sites (N-methyl/N-ethyl adjacent to an activating group) is 1. The van der Waals surface area contributed by atoms with Crippen LogP contribution in [0.3, 0.4) is 0 Å². The molecule has 1 aromatic carbocycles. The normalized spacial score (nSPS) is 17.2. The minimum absolute atomic E-state index is 1.09. The highest BCUT2D eigenvalue weighted by Gasteiger charge is 2.15. The maximum absolute atomic E-state index is 3.63. The van der Waals surface area contributed by atoms with Gasteiger partial charge in [0.2, 0.25) is 0 Å². The van der Waals surface area contributed by atoms with E-state index in [0.29, 0.717) is 0 Å². The first-order chi connectivity index (χ1) is 6.16. The predicted octanol–water partition coefficient (Wildman–Crippen LogP) is 3.04. The molecule has 1 heterocycles. The molecule has 0 saturated carbocycles. The van der Waals surface area contributed by atoms with Gasteiger partial charge in [0.05, 0.1) is 0 Å². The Balaban J connectivity index is 2.47. The quantitative estimate of drug-likeness (QED) is 0.649. The van der Waals surface area contributed by atoms with Crippen LogP contribution in [0, 0.1) is 3.57 Å². The Bertz CT molecular complexity index is 338. The van der Waals surface area contributed by atoms with Gasteiger partial charge in [-0.3, -0.25) is 0 Å². The van der Waals surface area contributed by atoms with Crippen LogP contribution < -0.4 is 0 Å². The summed E-state index contributed by atoms with van der Waals surface area (Å²) in [7, 11) is 2.18. The van der Waals surface area contributed by atoms with E-state index in [1.54, 1.807) is 0 Å². The Morgan fingerprint density at radius 1 is 1.46 bits per heavy atom. The van der Waals surface area contributed by atoms with Gasteiger partial charge in [0.1, 0.15) is 0 Å². The molecule has 0 amide bonds. The molecule has 1 aliphatic heterocycles. The number of rotatable bonds is 0. The van der Waals surface area contributed by atoms with Crippen LogP contribution in [0.4, 0.5) is 0 Å². The second-order valence-electron chi connectivity index (χ2n) is 3.51. The molecule has 2 rings (SSSR count). The minimum atomic E-state index is 1.09. The molecule has 3 heteroatoms. The van der Waals surface area contributed by atoms with E-state index in [2.05, 4.69) is 62.6 Å². The molecule has 0 spiro atoms. The highest BCUT2D eigenvalue weighted by atomic mass is 127. The molecule has 0 aromatic heterocycles. The molecular weight excluding hydrogens is 341 g/mol. The van der Waals surface area contributed by atoms with Crippen molar-refractivity contribution in [2.24, 2.45) is 0 Å². The molecule has 0 fully saturated rings. The van der Waals surface area contributed by atoms with Crippen LogP contribution in [0.2, 0.25) is 0 Å². The Morgan fingerprint density at radius 3 is 3.00 bits per heavy atom. The first-order valence-electron chi connectivity index (χ1n) is 4.32. The van der Waals surface area contributed by atoms with E-state index in [1.807, 2.05) is 0 Å². The second-order valence-corrected chi connectivity index (χ2v) is 5.61. The van der Waals surface area contributed by atoms with Gasteiger partial charge in [-0.05, 0) is 59.3 Å². The highest BCUT2D eigenvalue weighted by molar-refractivity contribution is 14.1. The molecule has 13 heavy (non-hydrogen) atoms. The van der Waals surface area contributed by atoms with E-state index in [1.165, 1.54) is 32.1 Å². The standard InChI is InChI=1S/C10H11BrIN/c1-13-3-2-9-7(6-13)4-8(12)5-10(9)11/h4-5H,2-3,6H2,1H3. The molecule has 0 saturated heterocycles. The van der Waals surface area contributed by atoms with Crippen molar-refractivity contribution in [2.75, 3.05) is 13.6 Å². The molecule has 0 bridgehead atoms. The molecule has 1 aromatic rings. The van der Waals surface area contributed by atoms with Gasteiger partial charge in [-0.2, -0.15) is 0 Å². The van der Waals surface area contributed by atoms with E-state index in [9.17, 15) is 0 Å². The molecule has 0 unspecified atom stereocenters. The summed E-state index contributed by atoms with van der Waals surface area (Å²) in [6, 6.07) is 4.49. The summed E-state index contributed by atoms with van der Waals surface area (Å²) in [6.07, 6.45) is 1.17. The lowest BCUT2D eigenvalue weighted by Crippen LogP contribution is -2.26. The molecule has 0 aliphatic carbocycles. The van der Waals surface area contributed by atoms with Gasteiger partial charge in [0.25, 0.3) is 0 Å². The third-order valence-electron chi connectivity index (χ3n) is 2.44. The van der Waals surface area contributed by atoms with Crippen molar-refractivity contribution in [1.29, 1.82) is 0 Å². The number of hydrogen-bond acceptors (Lipinski definition) is 1. The lowest BCUT2D eigenvalue weighted by Gasteiger charge is -2.25. The van der Waals surface area contributed by atoms with Crippen LogP contribution in [0.5, 0.6) is 0 Å². The van der Waals surface area contributed by atoms with E-state index < -0.39 is 0 Å². The van der Waals surface area contributed by atoms with Crippen molar-refractivity contribution in [1.82, 2.24) is 4.90 Å². The van der Waals surface area contributed by atoms with Gasteiger partial charge >= 0.3 is 0 Å². The Hall–Kier alpha value is 0.390. The zero-order valence-corrected chi connectivity index (χ0v) is 11.2. The van der Waals surface area contributed by atoms with E-state index >= 15 is 0 Å².